The van der Waals surface area contributed by atoms with Crippen molar-refractivity contribution in [2.45, 2.75) is 24.7 Å². The van der Waals surface area contributed by atoms with Gasteiger partial charge in [-0.25, -0.2) is 0 Å². The molecule has 0 N–H and O–H groups in total. The minimum absolute atomic E-state index is 0.231. The van der Waals surface area contributed by atoms with Gasteiger partial charge in [-0.3, -0.25) is 0 Å². The quantitative estimate of drug-likeness (QED) is 0.177. The van der Waals surface area contributed by atoms with Crippen LogP contribution in [0.5, 0.6) is 0 Å². The number of hydrogen-bond donors (Lipinski definition) is 0. The van der Waals surface area contributed by atoms with Gasteiger partial charge in [0.1, 0.15) is 11.2 Å². The number of furan rings is 1. The minimum atomic E-state index is -0.527. The van der Waals surface area contributed by atoms with E-state index in [0.717, 1.165) is 39.0 Å². The molecule has 0 radical (unpaired) electrons. The van der Waals surface area contributed by atoms with E-state index in [4.69, 9.17) is 4.42 Å². The van der Waals surface area contributed by atoms with Crippen LogP contribution in [0.25, 0.3) is 66.4 Å². The third-order valence-corrected chi connectivity index (χ3v) is 13.9. The number of nitrogens with zero attached hydrogens (tertiary/aromatic N) is 1. The van der Waals surface area contributed by atoms with Crippen LogP contribution in [0.3, 0.4) is 0 Å². The van der Waals surface area contributed by atoms with Gasteiger partial charge in [0, 0.05) is 22.1 Å². The molecule has 3 aliphatic rings. The van der Waals surface area contributed by atoms with Crippen molar-refractivity contribution < 1.29 is 4.42 Å². The highest BCUT2D eigenvalue weighted by Crippen LogP contribution is 2.65. The molecule has 0 unspecified atom stereocenters. The van der Waals surface area contributed by atoms with Crippen LogP contribution < -0.4 is 4.90 Å². The van der Waals surface area contributed by atoms with Crippen LogP contribution in [-0.2, 0) is 10.8 Å². The summed E-state index contributed by atoms with van der Waals surface area (Å²) in [5.41, 5.74) is 22.6. The van der Waals surface area contributed by atoms with Gasteiger partial charge in [-0.2, -0.15) is 0 Å². The lowest BCUT2D eigenvalue weighted by Gasteiger charge is -2.36. The van der Waals surface area contributed by atoms with Crippen molar-refractivity contribution >= 4 is 39.0 Å². The second-order valence-corrected chi connectivity index (χ2v) is 17.2. The van der Waals surface area contributed by atoms with Gasteiger partial charge < -0.3 is 9.32 Å². The summed E-state index contributed by atoms with van der Waals surface area (Å²) in [7, 11) is 0. The maximum atomic E-state index is 6.61. The number of anilines is 3. The summed E-state index contributed by atoms with van der Waals surface area (Å²) in [5.74, 6) is 0. The topological polar surface area (TPSA) is 16.4 Å². The van der Waals surface area contributed by atoms with Gasteiger partial charge in [-0.1, -0.05) is 172 Å². The Bertz CT molecular complexity index is 3360. The smallest absolute Gasteiger partial charge is 0.137 e. The van der Waals surface area contributed by atoms with Crippen molar-refractivity contribution in [2.75, 3.05) is 4.90 Å². The van der Waals surface area contributed by atoms with Crippen LogP contribution in [0.1, 0.15) is 47.2 Å². The highest BCUT2D eigenvalue weighted by atomic mass is 16.3. The number of hydrogen-bond acceptors (Lipinski definition) is 2. The molecule has 2 heteroatoms. The van der Waals surface area contributed by atoms with Crippen LogP contribution in [0.15, 0.2) is 205 Å². The van der Waals surface area contributed by atoms with E-state index in [2.05, 4.69) is 219 Å². The molecule has 0 saturated carbocycles. The Morgan fingerprint density at radius 2 is 0.917 bits per heavy atom. The molecule has 0 aliphatic heterocycles. The zero-order chi connectivity index (χ0) is 39.7. The first kappa shape index (κ1) is 33.5. The van der Waals surface area contributed by atoms with E-state index < -0.39 is 5.41 Å². The molecule has 10 aromatic rings. The molecular formula is C58H39NO. The summed E-state index contributed by atoms with van der Waals surface area (Å²) in [6.45, 7) is 4.78. The Labute approximate surface area is 349 Å². The van der Waals surface area contributed by atoms with E-state index in [1.54, 1.807) is 0 Å². The molecule has 0 saturated heterocycles. The average Bonchev–Trinajstić information content (AvgIpc) is 3.99. The van der Waals surface area contributed by atoms with Crippen molar-refractivity contribution in [3.05, 3.63) is 234 Å². The van der Waals surface area contributed by atoms with Crippen molar-refractivity contribution in [3.8, 4) is 44.5 Å². The maximum Gasteiger partial charge on any atom is 0.137 e. The molecule has 0 amide bonds. The Morgan fingerprint density at radius 1 is 0.383 bits per heavy atom. The molecule has 0 bridgehead atoms. The second-order valence-electron chi connectivity index (χ2n) is 17.2. The normalized spacial score (nSPS) is 14.4. The number of fused-ring (bicyclic) bond motifs is 16. The van der Waals surface area contributed by atoms with Crippen molar-refractivity contribution in [1.82, 2.24) is 0 Å². The number of rotatable bonds is 4. The third kappa shape index (κ3) is 4.27. The summed E-state index contributed by atoms with van der Waals surface area (Å²) in [6.07, 6.45) is 0. The van der Waals surface area contributed by atoms with Crippen molar-refractivity contribution in [2.24, 2.45) is 0 Å². The van der Waals surface area contributed by atoms with Gasteiger partial charge in [-0.15, -0.1) is 0 Å². The summed E-state index contributed by atoms with van der Waals surface area (Å²) in [5, 5.41) is 2.22. The summed E-state index contributed by atoms with van der Waals surface area (Å²) < 4.78 is 6.61. The molecule has 0 fully saturated rings. The lowest BCUT2D eigenvalue weighted by Crippen LogP contribution is -2.28. The van der Waals surface area contributed by atoms with Gasteiger partial charge in [0.2, 0.25) is 0 Å². The molecule has 0 atom stereocenters. The molecule has 2 nitrogen and oxygen atoms in total. The van der Waals surface area contributed by atoms with Gasteiger partial charge in [0.15, 0.2) is 0 Å². The first-order valence-electron chi connectivity index (χ1n) is 21.0. The van der Waals surface area contributed by atoms with Gasteiger partial charge in [0.25, 0.3) is 0 Å². The SMILES string of the molecule is CC1(C)c2cc(-c3ccccc3)ccc2-c2ccc(N(c3cccc4c3C3(c5ccccc5-c5ccccc53)c3ccccc3-4)c3cccc4oc5ccccc5c34)cc21. The summed E-state index contributed by atoms with van der Waals surface area (Å²) >= 11 is 0. The highest BCUT2D eigenvalue weighted by molar-refractivity contribution is 6.14. The van der Waals surface area contributed by atoms with Crippen LogP contribution in [0.2, 0.25) is 0 Å². The fourth-order valence-electron chi connectivity index (χ4n) is 11.3. The Morgan fingerprint density at radius 3 is 1.65 bits per heavy atom. The van der Waals surface area contributed by atoms with Crippen LogP contribution in [-0.4, -0.2) is 0 Å². The van der Waals surface area contributed by atoms with Gasteiger partial charge >= 0.3 is 0 Å². The largest absolute Gasteiger partial charge is 0.456 e. The molecule has 1 aromatic heterocycles. The van der Waals surface area contributed by atoms with E-state index in [9.17, 15) is 0 Å². The second kappa shape index (κ2) is 12.1. The third-order valence-electron chi connectivity index (χ3n) is 13.9. The average molecular weight is 766 g/mol. The zero-order valence-corrected chi connectivity index (χ0v) is 33.4. The molecule has 3 aliphatic carbocycles. The molecule has 1 heterocycles. The lowest BCUT2D eigenvalue weighted by molar-refractivity contribution is 0.660. The Balaban J connectivity index is 1.11. The first-order chi connectivity index (χ1) is 29.5. The van der Waals surface area contributed by atoms with E-state index in [-0.39, 0.29) is 5.41 Å². The summed E-state index contributed by atoms with van der Waals surface area (Å²) in [6, 6.07) is 74.2. The number of para-hydroxylation sites is 1. The van der Waals surface area contributed by atoms with E-state index in [0.29, 0.717) is 0 Å². The van der Waals surface area contributed by atoms with E-state index in [1.807, 2.05) is 0 Å². The predicted molar refractivity (Wildman–Crippen MR) is 248 cm³/mol. The van der Waals surface area contributed by atoms with E-state index in [1.165, 1.54) is 77.9 Å². The van der Waals surface area contributed by atoms with Crippen molar-refractivity contribution in [3.63, 3.8) is 0 Å². The first-order valence-corrected chi connectivity index (χ1v) is 21.0. The zero-order valence-electron chi connectivity index (χ0n) is 33.4. The standard InChI is InChI=1S/C58H39NO/c1-57(2)49-34-37(36-16-4-3-5-17-36)30-32-42(49)43-33-31-38(35-50(43)57)59(51-26-15-29-54-55(51)45-21-9-13-28-53(45)60-54)52-27-14-22-44-41-20-8-12-25-48(41)58(56(44)52)46-23-10-6-18-39(46)40-19-7-11-24-47(40)58/h3-35H,1-2H3. The molecule has 60 heavy (non-hydrogen) atoms. The molecular weight excluding hydrogens is 727 g/mol. The minimum Gasteiger partial charge on any atom is -0.456 e. The van der Waals surface area contributed by atoms with Crippen LogP contribution in [0.4, 0.5) is 17.1 Å². The van der Waals surface area contributed by atoms with Gasteiger partial charge in [0.05, 0.1) is 22.2 Å². The molecule has 9 aromatic carbocycles. The Kier molecular flexibility index (Phi) is 6.74. The molecule has 1 spiro atoms. The monoisotopic (exact) mass is 765 g/mol. The molecule has 13 rings (SSSR count). The Hall–Kier alpha value is -7.42. The van der Waals surface area contributed by atoms with Crippen LogP contribution >= 0.6 is 0 Å². The predicted octanol–water partition coefficient (Wildman–Crippen LogP) is 15.4. The fraction of sp³-hybridized carbons (Fsp3) is 0.0690. The van der Waals surface area contributed by atoms with Crippen LogP contribution in [0, 0.1) is 0 Å². The number of benzene rings is 9. The highest BCUT2D eigenvalue weighted by Gasteiger charge is 2.53. The fourth-order valence-corrected chi connectivity index (χ4v) is 11.3. The van der Waals surface area contributed by atoms with Crippen molar-refractivity contribution in [1.29, 1.82) is 0 Å². The maximum absolute atomic E-state index is 6.61. The summed E-state index contributed by atoms with van der Waals surface area (Å²) in [4.78, 5) is 2.55. The van der Waals surface area contributed by atoms with E-state index >= 15 is 0 Å². The lowest BCUT2D eigenvalue weighted by atomic mass is 9.70. The van der Waals surface area contributed by atoms with Gasteiger partial charge in [-0.05, 0) is 115 Å². The molecule has 282 valence electrons.